The predicted octanol–water partition coefficient (Wildman–Crippen LogP) is 0.931. The molecular formula is C15H22N2O2. The number of carbonyl (C=O) groups is 1. The van der Waals surface area contributed by atoms with Crippen LogP contribution >= 0.6 is 0 Å². The van der Waals surface area contributed by atoms with E-state index in [0.29, 0.717) is 13.0 Å². The van der Waals surface area contributed by atoms with Crippen LogP contribution in [0, 0.1) is 0 Å². The highest BCUT2D eigenvalue weighted by atomic mass is 16.3. The van der Waals surface area contributed by atoms with E-state index in [-0.39, 0.29) is 12.5 Å². The van der Waals surface area contributed by atoms with E-state index < -0.39 is 5.60 Å². The summed E-state index contributed by atoms with van der Waals surface area (Å²) in [5.74, 6) is -0.200. The molecule has 0 aliphatic carbocycles. The fourth-order valence-electron chi connectivity index (χ4n) is 2.59. The van der Waals surface area contributed by atoms with Gasteiger partial charge in [0, 0.05) is 19.6 Å². The topological polar surface area (TPSA) is 66.6 Å². The van der Waals surface area contributed by atoms with Gasteiger partial charge in [-0.05, 0) is 31.2 Å². The summed E-state index contributed by atoms with van der Waals surface area (Å²) in [7, 11) is 0. The highest BCUT2D eigenvalue weighted by Crippen LogP contribution is 2.21. The lowest BCUT2D eigenvalue weighted by atomic mass is 9.92. The van der Waals surface area contributed by atoms with Gasteiger partial charge in [0.15, 0.2) is 5.60 Å². The lowest BCUT2D eigenvalue weighted by Gasteiger charge is -2.37. The first kappa shape index (κ1) is 14.0. The van der Waals surface area contributed by atoms with Crippen molar-refractivity contribution in [3.05, 3.63) is 35.9 Å². The highest BCUT2D eigenvalue weighted by Gasteiger charge is 2.40. The van der Waals surface area contributed by atoms with Gasteiger partial charge in [0.1, 0.15) is 0 Å². The number of amides is 1. The van der Waals surface area contributed by atoms with Crippen LogP contribution in [0.4, 0.5) is 0 Å². The third-order valence-corrected chi connectivity index (χ3v) is 3.78. The van der Waals surface area contributed by atoms with E-state index in [1.54, 1.807) is 4.90 Å². The van der Waals surface area contributed by atoms with E-state index in [4.69, 9.17) is 5.73 Å². The number of aryl methyl sites for hydroxylation is 1. The average Bonchev–Trinajstić information content (AvgIpc) is 2.45. The largest absolute Gasteiger partial charge is 0.379 e. The van der Waals surface area contributed by atoms with Gasteiger partial charge in [-0.2, -0.15) is 0 Å². The zero-order valence-corrected chi connectivity index (χ0v) is 11.2. The summed E-state index contributed by atoms with van der Waals surface area (Å²) in [6.45, 7) is 1.44. The molecule has 1 aromatic rings. The Labute approximate surface area is 114 Å². The average molecular weight is 262 g/mol. The van der Waals surface area contributed by atoms with Gasteiger partial charge < -0.3 is 15.7 Å². The maximum Gasteiger partial charge on any atom is 0.255 e. The number of rotatable bonds is 5. The van der Waals surface area contributed by atoms with Crippen molar-refractivity contribution in [2.45, 2.75) is 31.3 Å². The number of hydrogen-bond acceptors (Lipinski definition) is 3. The first-order valence-electron chi connectivity index (χ1n) is 6.91. The molecule has 4 heteroatoms. The monoisotopic (exact) mass is 262 g/mol. The Morgan fingerprint density at radius 1 is 1.32 bits per heavy atom. The van der Waals surface area contributed by atoms with Crippen molar-refractivity contribution in [3.8, 4) is 0 Å². The van der Waals surface area contributed by atoms with Crippen LogP contribution in [0.2, 0.25) is 0 Å². The zero-order valence-electron chi connectivity index (χ0n) is 11.2. The van der Waals surface area contributed by atoms with Crippen molar-refractivity contribution in [3.63, 3.8) is 0 Å². The lowest BCUT2D eigenvalue weighted by molar-refractivity contribution is -0.155. The number of piperidine rings is 1. The van der Waals surface area contributed by atoms with Gasteiger partial charge in [-0.1, -0.05) is 30.3 Å². The van der Waals surface area contributed by atoms with Gasteiger partial charge in [-0.3, -0.25) is 4.79 Å². The van der Waals surface area contributed by atoms with E-state index in [1.807, 2.05) is 18.2 Å². The quantitative estimate of drug-likeness (QED) is 0.829. The SMILES string of the molecule is NC[C@@]1(O)CCCN(CCCc2ccccc2)C1=O. The molecule has 0 spiro atoms. The minimum atomic E-state index is -1.33. The van der Waals surface area contributed by atoms with Crippen LogP contribution in [0.3, 0.4) is 0 Å². The third-order valence-electron chi connectivity index (χ3n) is 3.78. The first-order valence-corrected chi connectivity index (χ1v) is 6.91. The summed E-state index contributed by atoms with van der Waals surface area (Å²) in [5.41, 5.74) is 5.46. The van der Waals surface area contributed by atoms with E-state index in [9.17, 15) is 9.90 Å². The van der Waals surface area contributed by atoms with Gasteiger partial charge >= 0.3 is 0 Å². The summed E-state index contributed by atoms with van der Waals surface area (Å²) in [4.78, 5) is 13.9. The molecule has 0 aromatic heterocycles. The molecule has 3 N–H and O–H groups in total. The first-order chi connectivity index (χ1) is 9.15. The molecule has 0 unspecified atom stereocenters. The van der Waals surface area contributed by atoms with Crippen LogP contribution in [0.25, 0.3) is 0 Å². The van der Waals surface area contributed by atoms with E-state index >= 15 is 0 Å². The molecule has 0 saturated carbocycles. The fraction of sp³-hybridized carbons (Fsp3) is 0.533. The fourth-order valence-corrected chi connectivity index (χ4v) is 2.59. The molecule has 1 fully saturated rings. The van der Waals surface area contributed by atoms with Crippen LogP contribution in [0.15, 0.2) is 30.3 Å². The Kier molecular flexibility index (Phi) is 4.56. The van der Waals surface area contributed by atoms with Gasteiger partial charge in [0.2, 0.25) is 0 Å². The summed E-state index contributed by atoms with van der Waals surface area (Å²) < 4.78 is 0. The van der Waals surface area contributed by atoms with Crippen molar-refractivity contribution >= 4 is 5.91 Å². The number of hydrogen-bond donors (Lipinski definition) is 2. The van der Waals surface area contributed by atoms with Crippen LogP contribution < -0.4 is 5.73 Å². The van der Waals surface area contributed by atoms with Crippen molar-refractivity contribution in [1.82, 2.24) is 4.90 Å². The number of nitrogens with zero attached hydrogens (tertiary/aromatic N) is 1. The molecule has 4 nitrogen and oxygen atoms in total. The molecular weight excluding hydrogens is 240 g/mol. The predicted molar refractivity (Wildman–Crippen MR) is 74.6 cm³/mol. The van der Waals surface area contributed by atoms with Crippen LogP contribution in [-0.2, 0) is 11.2 Å². The summed E-state index contributed by atoms with van der Waals surface area (Å²) >= 11 is 0. The Hall–Kier alpha value is -1.39. The minimum Gasteiger partial charge on any atom is -0.379 e. The summed E-state index contributed by atoms with van der Waals surface area (Å²) in [6.07, 6.45) is 3.17. The minimum absolute atomic E-state index is 0.0149. The molecule has 1 aliphatic heterocycles. The van der Waals surface area contributed by atoms with E-state index in [1.165, 1.54) is 5.56 Å². The Morgan fingerprint density at radius 2 is 2.05 bits per heavy atom. The molecule has 1 amide bonds. The second-order valence-corrected chi connectivity index (χ2v) is 5.22. The molecule has 1 heterocycles. The van der Waals surface area contributed by atoms with Crippen molar-refractivity contribution < 1.29 is 9.90 Å². The lowest BCUT2D eigenvalue weighted by Crippen LogP contribution is -2.57. The van der Waals surface area contributed by atoms with Crippen LogP contribution in [-0.4, -0.2) is 41.1 Å². The second-order valence-electron chi connectivity index (χ2n) is 5.22. The zero-order chi connectivity index (χ0) is 13.7. The molecule has 104 valence electrons. The van der Waals surface area contributed by atoms with Crippen molar-refractivity contribution in [1.29, 1.82) is 0 Å². The normalized spacial score (nSPS) is 23.7. The van der Waals surface area contributed by atoms with Crippen LogP contribution in [0.5, 0.6) is 0 Å². The molecule has 0 bridgehead atoms. The van der Waals surface area contributed by atoms with Crippen molar-refractivity contribution in [2.24, 2.45) is 5.73 Å². The third kappa shape index (κ3) is 3.33. The van der Waals surface area contributed by atoms with E-state index in [0.717, 1.165) is 25.8 Å². The molecule has 0 radical (unpaired) electrons. The molecule has 2 rings (SSSR count). The van der Waals surface area contributed by atoms with Crippen molar-refractivity contribution in [2.75, 3.05) is 19.6 Å². The Bertz CT molecular complexity index is 421. The number of benzene rings is 1. The summed E-state index contributed by atoms with van der Waals surface area (Å²) in [6, 6.07) is 10.2. The van der Waals surface area contributed by atoms with Crippen LogP contribution in [0.1, 0.15) is 24.8 Å². The molecule has 1 aromatic carbocycles. The van der Waals surface area contributed by atoms with Gasteiger partial charge in [0.25, 0.3) is 5.91 Å². The number of nitrogens with two attached hydrogens (primary N) is 1. The standard InChI is InChI=1S/C15H22N2O2/c16-12-15(19)9-5-11-17(14(15)18)10-4-8-13-6-2-1-3-7-13/h1-3,6-7,19H,4-5,8-12,16H2/t15-/m0/s1. The highest BCUT2D eigenvalue weighted by molar-refractivity contribution is 5.86. The Morgan fingerprint density at radius 3 is 2.74 bits per heavy atom. The van der Waals surface area contributed by atoms with Gasteiger partial charge in [-0.25, -0.2) is 0 Å². The molecule has 19 heavy (non-hydrogen) atoms. The molecule has 1 saturated heterocycles. The van der Waals surface area contributed by atoms with Gasteiger partial charge in [-0.15, -0.1) is 0 Å². The number of carbonyl (C=O) groups excluding carboxylic acids is 1. The molecule has 1 aliphatic rings. The maximum atomic E-state index is 12.1. The number of aliphatic hydroxyl groups is 1. The summed E-state index contributed by atoms with van der Waals surface area (Å²) in [5, 5.41) is 10.1. The smallest absolute Gasteiger partial charge is 0.255 e. The number of likely N-dealkylation sites (tertiary alicyclic amines) is 1. The maximum absolute atomic E-state index is 12.1. The second kappa shape index (κ2) is 6.17. The van der Waals surface area contributed by atoms with E-state index in [2.05, 4.69) is 12.1 Å². The van der Waals surface area contributed by atoms with Gasteiger partial charge in [0.05, 0.1) is 0 Å². The Balaban J connectivity index is 1.84. The molecule has 1 atom stereocenters.